The maximum atomic E-state index is 13.4. The number of hydrogen-bond donors (Lipinski definition) is 1. The number of sulfonamides is 1. The number of nitrogens with one attached hydrogen (secondary N) is 1. The number of benzene rings is 2. The van der Waals surface area contributed by atoms with Crippen LogP contribution in [0.1, 0.15) is 0 Å². The smallest absolute Gasteiger partial charge is 0.262 e. The third-order valence-corrected chi connectivity index (χ3v) is 3.84. The Kier molecular flexibility index (Phi) is 3.86. The fraction of sp³-hybridized carbons (Fsp3) is 0. The monoisotopic (exact) mass is 323 g/mol. The fourth-order valence-corrected chi connectivity index (χ4v) is 2.52. The molecule has 9 heteroatoms. The molecule has 21 heavy (non-hydrogen) atoms. The van der Waals surface area contributed by atoms with E-state index in [-0.39, 0.29) is 0 Å². The van der Waals surface area contributed by atoms with Crippen LogP contribution in [0.2, 0.25) is 0 Å². The molecule has 2 aromatic rings. The highest BCUT2D eigenvalue weighted by molar-refractivity contribution is 7.92. The Morgan fingerprint density at radius 3 is 2.00 bits per heavy atom. The van der Waals surface area contributed by atoms with Crippen LogP contribution in [0.4, 0.5) is 27.6 Å². The van der Waals surface area contributed by atoms with Gasteiger partial charge in [-0.1, -0.05) is 0 Å². The minimum Gasteiger partial charge on any atom is -0.277 e. The summed E-state index contributed by atoms with van der Waals surface area (Å²) in [6, 6.07) is 2.84. The lowest BCUT2D eigenvalue weighted by molar-refractivity contribution is 0.449. The third-order valence-electron chi connectivity index (χ3n) is 2.48. The van der Waals surface area contributed by atoms with E-state index in [0.717, 1.165) is 6.07 Å². The van der Waals surface area contributed by atoms with Gasteiger partial charge in [0.25, 0.3) is 10.0 Å². The van der Waals surface area contributed by atoms with E-state index in [0.29, 0.717) is 24.3 Å². The Balaban J connectivity index is 2.42. The van der Waals surface area contributed by atoms with Gasteiger partial charge < -0.3 is 0 Å². The van der Waals surface area contributed by atoms with E-state index in [4.69, 9.17) is 0 Å². The largest absolute Gasteiger partial charge is 0.277 e. The first-order valence-corrected chi connectivity index (χ1v) is 6.82. The molecule has 0 aliphatic rings. The molecule has 0 spiro atoms. The van der Waals surface area contributed by atoms with Gasteiger partial charge in [-0.3, -0.25) is 4.72 Å². The van der Waals surface area contributed by atoms with Gasteiger partial charge in [-0.25, -0.2) is 30.4 Å². The topological polar surface area (TPSA) is 46.2 Å². The predicted molar refractivity (Wildman–Crippen MR) is 63.5 cm³/mol. The zero-order valence-corrected chi connectivity index (χ0v) is 10.8. The maximum absolute atomic E-state index is 13.4. The summed E-state index contributed by atoms with van der Waals surface area (Å²) in [7, 11) is -4.49. The first-order valence-electron chi connectivity index (χ1n) is 5.34. The van der Waals surface area contributed by atoms with Gasteiger partial charge in [0, 0.05) is 0 Å². The molecule has 0 aliphatic carbocycles. The molecular weight excluding hydrogens is 317 g/mol. The summed E-state index contributed by atoms with van der Waals surface area (Å²) >= 11 is 0. The van der Waals surface area contributed by atoms with Crippen molar-refractivity contribution in [2.45, 2.75) is 4.90 Å². The van der Waals surface area contributed by atoms with Gasteiger partial charge in [-0.05, 0) is 30.3 Å². The quantitative estimate of drug-likeness (QED) is 0.696. The van der Waals surface area contributed by atoms with Gasteiger partial charge in [-0.15, -0.1) is 0 Å². The minimum absolute atomic E-state index is 0.370. The lowest BCUT2D eigenvalue weighted by atomic mass is 10.3. The van der Waals surface area contributed by atoms with Crippen molar-refractivity contribution in [1.29, 1.82) is 0 Å². The SMILES string of the molecule is O=S(=O)(Nc1ccc(F)c(F)c1F)c1ccc(F)c(F)c1. The maximum Gasteiger partial charge on any atom is 0.262 e. The summed E-state index contributed by atoms with van der Waals surface area (Å²) < 4.78 is 90.1. The second kappa shape index (κ2) is 5.32. The summed E-state index contributed by atoms with van der Waals surface area (Å²) in [4.78, 5) is -0.703. The molecule has 0 atom stereocenters. The number of halogens is 5. The normalized spacial score (nSPS) is 11.5. The van der Waals surface area contributed by atoms with Crippen LogP contribution in [-0.2, 0) is 10.0 Å². The molecule has 0 aromatic heterocycles. The fourth-order valence-electron chi connectivity index (χ4n) is 1.45. The van der Waals surface area contributed by atoms with Crippen molar-refractivity contribution in [2.75, 3.05) is 4.72 Å². The van der Waals surface area contributed by atoms with Crippen molar-refractivity contribution in [3.63, 3.8) is 0 Å². The lowest BCUT2D eigenvalue weighted by Gasteiger charge is -2.09. The summed E-state index contributed by atoms with van der Waals surface area (Å²) in [5.74, 6) is -7.80. The highest BCUT2D eigenvalue weighted by Crippen LogP contribution is 2.23. The Bertz CT molecular complexity index is 808. The molecule has 0 heterocycles. The highest BCUT2D eigenvalue weighted by Gasteiger charge is 2.21. The van der Waals surface area contributed by atoms with Crippen LogP contribution in [0.25, 0.3) is 0 Å². The lowest BCUT2D eigenvalue weighted by Crippen LogP contribution is -2.15. The molecule has 2 rings (SSSR count). The molecule has 0 saturated heterocycles. The average molecular weight is 323 g/mol. The second-order valence-corrected chi connectivity index (χ2v) is 5.59. The van der Waals surface area contributed by atoms with Crippen LogP contribution in [0.5, 0.6) is 0 Å². The van der Waals surface area contributed by atoms with Crippen molar-refractivity contribution in [3.05, 3.63) is 59.4 Å². The predicted octanol–water partition coefficient (Wildman–Crippen LogP) is 3.18. The minimum atomic E-state index is -4.49. The number of rotatable bonds is 3. The Morgan fingerprint density at radius 1 is 0.762 bits per heavy atom. The Morgan fingerprint density at radius 2 is 1.38 bits per heavy atom. The van der Waals surface area contributed by atoms with Gasteiger partial charge in [0.05, 0.1) is 10.6 Å². The molecule has 2 aromatic carbocycles. The van der Waals surface area contributed by atoms with Gasteiger partial charge in [-0.2, -0.15) is 0 Å². The van der Waals surface area contributed by atoms with Crippen LogP contribution < -0.4 is 4.72 Å². The van der Waals surface area contributed by atoms with E-state index in [1.807, 2.05) is 0 Å². The molecule has 0 amide bonds. The van der Waals surface area contributed by atoms with Gasteiger partial charge in [0.1, 0.15) is 0 Å². The molecule has 0 aliphatic heterocycles. The summed E-state index contributed by atoms with van der Waals surface area (Å²) in [6.45, 7) is 0. The van der Waals surface area contributed by atoms with Gasteiger partial charge >= 0.3 is 0 Å². The number of anilines is 1. The summed E-state index contributed by atoms with van der Waals surface area (Å²) in [5.41, 5.74) is -0.862. The zero-order chi connectivity index (χ0) is 15.8. The first-order chi connectivity index (χ1) is 9.72. The van der Waals surface area contributed by atoms with Crippen molar-refractivity contribution in [2.24, 2.45) is 0 Å². The van der Waals surface area contributed by atoms with Crippen LogP contribution in [-0.4, -0.2) is 8.42 Å². The molecule has 0 saturated carbocycles. The van der Waals surface area contributed by atoms with E-state index >= 15 is 0 Å². The molecule has 0 radical (unpaired) electrons. The summed E-state index contributed by atoms with van der Waals surface area (Å²) in [5, 5.41) is 0. The number of hydrogen-bond acceptors (Lipinski definition) is 2. The van der Waals surface area contributed by atoms with Gasteiger partial charge in [0.15, 0.2) is 29.1 Å². The highest BCUT2D eigenvalue weighted by atomic mass is 32.2. The average Bonchev–Trinajstić information content (AvgIpc) is 2.42. The Labute approximate surface area is 116 Å². The van der Waals surface area contributed by atoms with Crippen molar-refractivity contribution in [1.82, 2.24) is 0 Å². The second-order valence-electron chi connectivity index (χ2n) is 3.90. The molecule has 1 N–H and O–H groups in total. The van der Waals surface area contributed by atoms with Crippen LogP contribution in [0.3, 0.4) is 0 Å². The standard InChI is InChI=1S/C12H6F5NO2S/c13-7-2-1-6(5-9(7)15)21(19,20)18-10-4-3-8(14)11(16)12(10)17/h1-5,18H. The molecular formula is C12H6F5NO2S. The van der Waals surface area contributed by atoms with E-state index in [2.05, 4.69) is 0 Å². The van der Waals surface area contributed by atoms with E-state index in [1.54, 1.807) is 4.72 Å². The third kappa shape index (κ3) is 2.97. The molecule has 0 unspecified atom stereocenters. The molecule has 0 fully saturated rings. The molecule has 112 valence electrons. The summed E-state index contributed by atoms with van der Waals surface area (Å²) in [6.07, 6.45) is 0. The molecule has 3 nitrogen and oxygen atoms in total. The van der Waals surface area contributed by atoms with Crippen LogP contribution >= 0.6 is 0 Å². The zero-order valence-electron chi connectivity index (χ0n) is 10.0. The van der Waals surface area contributed by atoms with Crippen LogP contribution in [0.15, 0.2) is 35.2 Å². The van der Waals surface area contributed by atoms with Crippen LogP contribution in [0, 0.1) is 29.1 Å². The van der Waals surface area contributed by atoms with Crippen molar-refractivity contribution >= 4 is 15.7 Å². The van der Waals surface area contributed by atoms with E-state index in [1.165, 1.54) is 0 Å². The van der Waals surface area contributed by atoms with Crippen molar-refractivity contribution < 1.29 is 30.4 Å². The van der Waals surface area contributed by atoms with E-state index in [9.17, 15) is 30.4 Å². The molecule has 0 bridgehead atoms. The van der Waals surface area contributed by atoms with Gasteiger partial charge in [0.2, 0.25) is 0 Å². The first kappa shape index (κ1) is 15.2. The van der Waals surface area contributed by atoms with E-state index < -0.39 is 49.7 Å². The van der Waals surface area contributed by atoms with Crippen molar-refractivity contribution in [3.8, 4) is 0 Å². The Hall–Kier alpha value is -2.16.